The first-order chi connectivity index (χ1) is 9.12. The Bertz CT molecular complexity index is 500. The van der Waals surface area contributed by atoms with Gasteiger partial charge in [-0.15, -0.1) is 0 Å². The molecule has 1 aromatic heterocycles. The first-order valence-corrected chi connectivity index (χ1v) is 5.55. The number of carbonyl (C=O) groups excluding carboxylic acids is 1. The molecular weight excluding hydrogens is 279 g/mol. The molecule has 110 valence electrons. The van der Waals surface area contributed by atoms with Crippen LogP contribution in [0.1, 0.15) is 30.0 Å². The van der Waals surface area contributed by atoms with E-state index in [9.17, 15) is 22.8 Å². The van der Waals surface area contributed by atoms with E-state index in [1.54, 1.807) is 13.8 Å². The lowest BCUT2D eigenvalue weighted by molar-refractivity contribution is -0.145. The Hall–Kier alpha value is -2.19. The van der Waals surface area contributed by atoms with Gasteiger partial charge < -0.3 is 10.0 Å². The van der Waals surface area contributed by atoms with Crippen LogP contribution >= 0.6 is 0 Å². The molecule has 1 rings (SSSR count). The molecule has 0 saturated heterocycles. The number of carboxylic acids is 1. The van der Waals surface area contributed by atoms with Crippen molar-refractivity contribution < 1.29 is 27.9 Å². The van der Waals surface area contributed by atoms with Crippen LogP contribution in [0.15, 0.2) is 12.4 Å². The van der Waals surface area contributed by atoms with Crippen LogP contribution in [0.3, 0.4) is 0 Å². The molecule has 0 aromatic carbocycles. The second-order valence-electron chi connectivity index (χ2n) is 4.21. The largest absolute Gasteiger partial charge is 0.480 e. The highest BCUT2D eigenvalue weighted by Crippen LogP contribution is 2.25. The highest BCUT2D eigenvalue weighted by atomic mass is 19.4. The summed E-state index contributed by atoms with van der Waals surface area (Å²) in [5, 5.41) is 8.71. The van der Waals surface area contributed by atoms with Crippen LogP contribution in [-0.2, 0) is 11.0 Å². The summed E-state index contributed by atoms with van der Waals surface area (Å²) in [7, 11) is 0. The second kappa shape index (κ2) is 5.85. The standard InChI is InChI=1S/C11H12F3N3O3/c1-6(2)17(5-8(18)19)9(20)7-3-15-10(16-4-7)11(12,13)14/h3-4,6H,5H2,1-2H3,(H,18,19). The first-order valence-electron chi connectivity index (χ1n) is 5.55. The Morgan fingerprint density at radius 1 is 1.30 bits per heavy atom. The molecule has 0 unspecified atom stereocenters. The molecule has 0 saturated carbocycles. The van der Waals surface area contributed by atoms with E-state index in [4.69, 9.17) is 5.11 Å². The summed E-state index contributed by atoms with van der Waals surface area (Å²) in [6.07, 6.45) is -3.23. The van der Waals surface area contributed by atoms with Crippen molar-refractivity contribution in [3.63, 3.8) is 0 Å². The molecule has 1 N–H and O–H groups in total. The van der Waals surface area contributed by atoms with Crippen LogP contribution in [-0.4, -0.2) is 44.4 Å². The van der Waals surface area contributed by atoms with Crippen molar-refractivity contribution in [2.45, 2.75) is 26.1 Å². The molecule has 0 aliphatic rings. The van der Waals surface area contributed by atoms with E-state index < -0.39 is 36.5 Å². The highest BCUT2D eigenvalue weighted by Gasteiger charge is 2.34. The number of aromatic nitrogens is 2. The van der Waals surface area contributed by atoms with Gasteiger partial charge in [0.1, 0.15) is 6.54 Å². The van der Waals surface area contributed by atoms with Crippen molar-refractivity contribution >= 4 is 11.9 Å². The SMILES string of the molecule is CC(C)N(CC(=O)O)C(=O)c1cnc(C(F)(F)F)nc1. The molecule has 9 heteroatoms. The normalized spacial score (nSPS) is 11.5. The Balaban J connectivity index is 2.98. The number of rotatable bonds is 4. The average Bonchev–Trinajstić information content (AvgIpc) is 2.33. The van der Waals surface area contributed by atoms with E-state index in [0.29, 0.717) is 0 Å². The van der Waals surface area contributed by atoms with Gasteiger partial charge >= 0.3 is 12.1 Å². The van der Waals surface area contributed by atoms with Gasteiger partial charge in [0.05, 0.1) is 5.56 Å². The molecule has 6 nitrogen and oxygen atoms in total. The van der Waals surface area contributed by atoms with E-state index in [2.05, 4.69) is 9.97 Å². The Kier molecular flexibility index (Phi) is 4.64. The summed E-state index contributed by atoms with van der Waals surface area (Å²) >= 11 is 0. The van der Waals surface area contributed by atoms with Gasteiger partial charge in [0.15, 0.2) is 0 Å². The summed E-state index contributed by atoms with van der Waals surface area (Å²) in [6, 6.07) is -0.430. The molecule has 0 aliphatic carbocycles. The molecular formula is C11H12F3N3O3. The third-order valence-corrected chi connectivity index (χ3v) is 2.34. The van der Waals surface area contributed by atoms with Crippen molar-refractivity contribution in [2.24, 2.45) is 0 Å². The maximum Gasteiger partial charge on any atom is 0.451 e. The van der Waals surface area contributed by atoms with Gasteiger partial charge in [0, 0.05) is 18.4 Å². The van der Waals surface area contributed by atoms with E-state index in [0.717, 1.165) is 17.3 Å². The minimum Gasteiger partial charge on any atom is -0.480 e. The monoisotopic (exact) mass is 291 g/mol. The number of carboxylic acid groups (broad SMARTS) is 1. The van der Waals surface area contributed by atoms with Crippen molar-refractivity contribution in [3.05, 3.63) is 23.8 Å². The maximum atomic E-state index is 12.3. The lowest BCUT2D eigenvalue weighted by Crippen LogP contribution is -2.40. The second-order valence-corrected chi connectivity index (χ2v) is 4.21. The molecule has 20 heavy (non-hydrogen) atoms. The van der Waals surface area contributed by atoms with Gasteiger partial charge in [0.2, 0.25) is 5.82 Å². The lowest BCUT2D eigenvalue weighted by atomic mass is 10.2. The number of hydrogen-bond donors (Lipinski definition) is 1. The number of alkyl halides is 3. The fourth-order valence-corrected chi connectivity index (χ4v) is 1.39. The first kappa shape index (κ1) is 15.9. The third-order valence-electron chi connectivity index (χ3n) is 2.34. The third kappa shape index (κ3) is 3.90. The average molecular weight is 291 g/mol. The lowest BCUT2D eigenvalue weighted by Gasteiger charge is -2.24. The zero-order chi connectivity index (χ0) is 15.5. The van der Waals surface area contributed by atoms with E-state index >= 15 is 0 Å². The molecule has 1 amide bonds. The van der Waals surface area contributed by atoms with Crippen molar-refractivity contribution in [3.8, 4) is 0 Å². The van der Waals surface area contributed by atoms with Gasteiger partial charge in [-0.1, -0.05) is 0 Å². The van der Waals surface area contributed by atoms with Crippen LogP contribution in [0.5, 0.6) is 0 Å². The number of halogens is 3. The van der Waals surface area contributed by atoms with Crippen LogP contribution in [0.4, 0.5) is 13.2 Å². The Morgan fingerprint density at radius 2 is 1.80 bits per heavy atom. The quantitative estimate of drug-likeness (QED) is 0.907. The minimum atomic E-state index is -4.69. The van der Waals surface area contributed by atoms with Gasteiger partial charge in [-0.05, 0) is 13.8 Å². The summed E-state index contributed by atoms with van der Waals surface area (Å²) < 4.78 is 36.8. The van der Waals surface area contributed by atoms with Gasteiger partial charge in [-0.3, -0.25) is 9.59 Å². The predicted octanol–water partition coefficient (Wildman–Crippen LogP) is 1.43. The van der Waals surface area contributed by atoms with Crippen LogP contribution in [0.2, 0.25) is 0 Å². The number of nitrogens with zero attached hydrogens (tertiary/aromatic N) is 3. The number of carbonyl (C=O) groups is 2. The number of aliphatic carboxylic acids is 1. The molecule has 1 aromatic rings. The molecule has 0 radical (unpaired) electrons. The van der Waals surface area contributed by atoms with Crippen molar-refractivity contribution in [1.82, 2.24) is 14.9 Å². The molecule has 0 aliphatic heterocycles. The molecule has 0 fully saturated rings. The Labute approximate surface area is 112 Å². The minimum absolute atomic E-state index is 0.201. The summed E-state index contributed by atoms with van der Waals surface area (Å²) in [4.78, 5) is 29.8. The molecule has 0 atom stereocenters. The van der Waals surface area contributed by atoms with Crippen LogP contribution in [0.25, 0.3) is 0 Å². The number of amides is 1. The van der Waals surface area contributed by atoms with Gasteiger partial charge in [0.25, 0.3) is 5.91 Å². The zero-order valence-corrected chi connectivity index (χ0v) is 10.7. The predicted molar refractivity (Wildman–Crippen MR) is 60.8 cm³/mol. The molecule has 1 heterocycles. The van der Waals surface area contributed by atoms with Gasteiger partial charge in [-0.25, -0.2) is 9.97 Å². The summed E-state index contributed by atoms with van der Waals surface area (Å²) in [5.41, 5.74) is -0.201. The van der Waals surface area contributed by atoms with E-state index in [1.165, 1.54) is 0 Å². The molecule has 0 spiro atoms. The van der Waals surface area contributed by atoms with Gasteiger partial charge in [-0.2, -0.15) is 13.2 Å². The maximum absolute atomic E-state index is 12.3. The van der Waals surface area contributed by atoms with E-state index in [1.807, 2.05) is 0 Å². The fourth-order valence-electron chi connectivity index (χ4n) is 1.39. The Morgan fingerprint density at radius 3 is 2.15 bits per heavy atom. The summed E-state index contributed by atoms with van der Waals surface area (Å²) in [5.74, 6) is -3.32. The zero-order valence-electron chi connectivity index (χ0n) is 10.7. The van der Waals surface area contributed by atoms with Crippen molar-refractivity contribution in [2.75, 3.05) is 6.54 Å². The fraction of sp³-hybridized carbons (Fsp3) is 0.455. The number of hydrogen-bond acceptors (Lipinski definition) is 4. The smallest absolute Gasteiger partial charge is 0.451 e. The van der Waals surface area contributed by atoms with Crippen LogP contribution in [0, 0.1) is 0 Å². The van der Waals surface area contributed by atoms with Crippen molar-refractivity contribution in [1.29, 1.82) is 0 Å². The van der Waals surface area contributed by atoms with Crippen LogP contribution < -0.4 is 0 Å². The van der Waals surface area contributed by atoms with E-state index in [-0.39, 0.29) is 5.56 Å². The topological polar surface area (TPSA) is 83.4 Å². The summed E-state index contributed by atoms with van der Waals surface area (Å²) in [6.45, 7) is 2.62. The highest BCUT2D eigenvalue weighted by molar-refractivity contribution is 5.95. The molecule has 0 bridgehead atoms.